The fourth-order valence-corrected chi connectivity index (χ4v) is 3.39. The van der Waals surface area contributed by atoms with Crippen LogP contribution in [0.25, 0.3) is 0 Å². The smallest absolute Gasteiger partial charge is 0.272 e. The van der Waals surface area contributed by atoms with Gasteiger partial charge in [-0.15, -0.1) is 0 Å². The first-order valence-corrected chi connectivity index (χ1v) is 10.1. The van der Waals surface area contributed by atoms with Gasteiger partial charge < -0.3 is 9.47 Å². The number of nitrogens with one attached hydrogen (secondary N) is 1. The Kier molecular flexibility index (Phi) is 8.37. The molecule has 0 aliphatic heterocycles. The van der Waals surface area contributed by atoms with Crippen LogP contribution in [0.5, 0.6) is 11.5 Å². The largest absolute Gasteiger partial charge is 0.490 e. The summed E-state index contributed by atoms with van der Waals surface area (Å²) in [5.41, 5.74) is 3.87. The standard InChI is InChI=1S/C19H20BrIN2O3/c1-3-9-26-18-16(21)10-13(11-17(18)25-4-2)12-22-23-19(24)14-7-5-6-8-15(14)20/h5-8,10-12H,3-4,9H2,1-2H3,(H,23,24)/b22-12-. The molecule has 0 aliphatic rings. The number of benzene rings is 2. The minimum atomic E-state index is -0.281. The van der Waals surface area contributed by atoms with Crippen molar-refractivity contribution in [1.82, 2.24) is 5.43 Å². The zero-order valence-electron chi connectivity index (χ0n) is 14.6. The Hall–Kier alpha value is -1.61. The van der Waals surface area contributed by atoms with Gasteiger partial charge in [-0.05, 0) is 81.7 Å². The summed E-state index contributed by atoms with van der Waals surface area (Å²) in [7, 11) is 0. The van der Waals surface area contributed by atoms with E-state index in [1.807, 2.05) is 31.2 Å². The predicted octanol–water partition coefficient (Wildman–Crippen LogP) is 5.01. The number of amides is 1. The second-order valence-electron chi connectivity index (χ2n) is 5.29. The van der Waals surface area contributed by atoms with E-state index < -0.39 is 0 Å². The van der Waals surface area contributed by atoms with E-state index >= 15 is 0 Å². The van der Waals surface area contributed by atoms with Gasteiger partial charge in [0, 0.05) is 4.47 Å². The van der Waals surface area contributed by atoms with E-state index in [2.05, 4.69) is 56.0 Å². The summed E-state index contributed by atoms with van der Waals surface area (Å²) in [6.45, 7) is 5.15. The molecule has 2 rings (SSSR count). The Morgan fingerprint density at radius 3 is 2.73 bits per heavy atom. The first kappa shape index (κ1) is 20.7. The number of ether oxygens (including phenoxy) is 2. The summed E-state index contributed by atoms with van der Waals surface area (Å²) in [5, 5.41) is 4.05. The van der Waals surface area contributed by atoms with Crippen LogP contribution in [0.3, 0.4) is 0 Å². The molecule has 1 amide bonds. The van der Waals surface area contributed by atoms with Crippen molar-refractivity contribution in [2.45, 2.75) is 20.3 Å². The van der Waals surface area contributed by atoms with Gasteiger partial charge in [-0.1, -0.05) is 19.1 Å². The van der Waals surface area contributed by atoms with Gasteiger partial charge >= 0.3 is 0 Å². The molecule has 0 radical (unpaired) electrons. The number of carbonyl (C=O) groups is 1. The van der Waals surface area contributed by atoms with E-state index in [0.29, 0.717) is 24.5 Å². The minimum absolute atomic E-state index is 0.281. The maximum atomic E-state index is 12.2. The molecule has 0 unspecified atom stereocenters. The van der Waals surface area contributed by atoms with Crippen molar-refractivity contribution in [2.75, 3.05) is 13.2 Å². The molecule has 138 valence electrons. The van der Waals surface area contributed by atoms with Crippen molar-refractivity contribution >= 4 is 50.6 Å². The molecule has 0 fully saturated rings. The van der Waals surface area contributed by atoms with Crippen LogP contribution in [0.1, 0.15) is 36.2 Å². The number of halogens is 2. The number of carbonyl (C=O) groups excluding carboxylic acids is 1. The fraction of sp³-hybridized carbons (Fsp3) is 0.263. The Morgan fingerprint density at radius 1 is 1.27 bits per heavy atom. The van der Waals surface area contributed by atoms with Gasteiger partial charge in [-0.25, -0.2) is 5.43 Å². The number of hydrogen-bond donors (Lipinski definition) is 1. The summed E-state index contributed by atoms with van der Waals surface area (Å²) < 4.78 is 13.1. The van der Waals surface area contributed by atoms with Gasteiger partial charge in [-0.3, -0.25) is 4.79 Å². The summed E-state index contributed by atoms with van der Waals surface area (Å²) in [5.74, 6) is 1.13. The average Bonchev–Trinajstić information content (AvgIpc) is 2.61. The summed E-state index contributed by atoms with van der Waals surface area (Å²) in [6.07, 6.45) is 2.51. The zero-order valence-corrected chi connectivity index (χ0v) is 18.3. The summed E-state index contributed by atoms with van der Waals surface area (Å²) in [4.78, 5) is 12.2. The SMILES string of the molecule is CCCOc1c(I)cc(/C=N\NC(=O)c2ccccc2Br)cc1OCC. The molecular formula is C19H20BrIN2O3. The monoisotopic (exact) mass is 530 g/mol. The molecule has 0 spiro atoms. The van der Waals surface area contributed by atoms with Crippen molar-refractivity contribution in [2.24, 2.45) is 5.10 Å². The third-order valence-electron chi connectivity index (χ3n) is 3.28. The van der Waals surface area contributed by atoms with Crippen molar-refractivity contribution in [1.29, 1.82) is 0 Å². The highest BCUT2D eigenvalue weighted by Crippen LogP contribution is 2.34. The maximum Gasteiger partial charge on any atom is 0.272 e. The molecule has 2 aromatic rings. The average molecular weight is 531 g/mol. The van der Waals surface area contributed by atoms with Crippen LogP contribution in [0.4, 0.5) is 0 Å². The summed E-state index contributed by atoms with van der Waals surface area (Å²) in [6, 6.07) is 11.0. The molecule has 0 aliphatic carbocycles. The molecule has 0 saturated carbocycles. The Balaban J connectivity index is 2.14. The third kappa shape index (κ3) is 5.70. The van der Waals surface area contributed by atoms with Crippen molar-refractivity contribution in [3.05, 3.63) is 55.6 Å². The van der Waals surface area contributed by atoms with Gasteiger partial charge in [0.15, 0.2) is 11.5 Å². The van der Waals surface area contributed by atoms with Gasteiger partial charge in [0.2, 0.25) is 0 Å². The minimum Gasteiger partial charge on any atom is -0.490 e. The highest BCUT2D eigenvalue weighted by atomic mass is 127. The molecule has 7 heteroatoms. The van der Waals surface area contributed by atoms with E-state index in [-0.39, 0.29) is 5.91 Å². The molecule has 2 aromatic carbocycles. The quantitative estimate of drug-likeness (QED) is 0.296. The van der Waals surface area contributed by atoms with Crippen LogP contribution in [0.15, 0.2) is 46.0 Å². The Bertz CT molecular complexity index is 796. The third-order valence-corrected chi connectivity index (χ3v) is 4.77. The highest BCUT2D eigenvalue weighted by molar-refractivity contribution is 14.1. The molecular weight excluding hydrogens is 511 g/mol. The predicted molar refractivity (Wildman–Crippen MR) is 115 cm³/mol. The molecule has 0 saturated heterocycles. The second-order valence-corrected chi connectivity index (χ2v) is 7.31. The lowest BCUT2D eigenvalue weighted by Crippen LogP contribution is -2.18. The number of hydrogen-bond acceptors (Lipinski definition) is 4. The first-order valence-electron chi connectivity index (χ1n) is 8.23. The lowest BCUT2D eigenvalue weighted by Gasteiger charge is -2.14. The van der Waals surface area contributed by atoms with Crippen LogP contribution in [0, 0.1) is 3.57 Å². The number of hydrazone groups is 1. The van der Waals surface area contributed by atoms with Crippen molar-refractivity contribution in [3.8, 4) is 11.5 Å². The van der Waals surface area contributed by atoms with Crippen LogP contribution >= 0.6 is 38.5 Å². The molecule has 0 atom stereocenters. The molecule has 0 heterocycles. The van der Waals surface area contributed by atoms with Gasteiger partial charge in [0.1, 0.15) is 0 Å². The molecule has 0 aromatic heterocycles. The van der Waals surface area contributed by atoms with Crippen LogP contribution in [0.2, 0.25) is 0 Å². The van der Waals surface area contributed by atoms with E-state index in [9.17, 15) is 4.79 Å². The highest BCUT2D eigenvalue weighted by Gasteiger charge is 2.12. The zero-order chi connectivity index (χ0) is 18.9. The number of rotatable bonds is 8. The van der Waals surface area contributed by atoms with Gasteiger partial charge in [0.25, 0.3) is 5.91 Å². The van der Waals surface area contributed by atoms with E-state index in [1.165, 1.54) is 0 Å². The lowest BCUT2D eigenvalue weighted by molar-refractivity contribution is 0.0954. The van der Waals surface area contributed by atoms with Gasteiger partial charge in [-0.2, -0.15) is 5.10 Å². The molecule has 5 nitrogen and oxygen atoms in total. The molecule has 0 bridgehead atoms. The number of nitrogens with zero attached hydrogens (tertiary/aromatic N) is 1. The van der Waals surface area contributed by atoms with Crippen molar-refractivity contribution in [3.63, 3.8) is 0 Å². The van der Waals surface area contributed by atoms with E-state index in [4.69, 9.17) is 9.47 Å². The maximum absolute atomic E-state index is 12.2. The van der Waals surface area contributed by atoms with Crippen LogP contribution in [-0.2, 0) is 0 Å². The van der Waals surface area contributed by atoms with E-state index in [0.717, 1.165) is 25.8 Å². The summed E-state index contributed by atoms with van der Waals surface area (Å²) >= 11 is 5.56. The first-order chi connectivity index (χ1) is 12.6. The molecule has 26 heavy (non-hydrogen) atoms. The van der Waals surface area contributed by atoms with Gasteiger partial charge in [0.05, 0.1) is 28.6 Å². The van der Waals surface area contributed by atoms with Crippen LogP contribution < -0.4 is 14.9 Å². The second kappa shape index (κ2) is 10.5. The molecule has 1 N–H and O–H groups in total. The Morgan fingerprint density at radius 2 is 2.04 bits per heavy atom. The fourth-order valence-electron chi connectivity index (χ4n) is 2.14. The van der Waals surface area contributed by atoms with Crippen LogP contribution in [-0.4, -0.2) is 25.3 Å². The normalized spacial score (nSPS) is 10.8. The van der Waals surface area contributed by atoms with E-state index in [1.54, 1.807) is 18.3 Å². The lowest BCUT2D eigenvalue weighted by atomic mass is 10.2. The van der Waals surface area contributed by atoms with Crippen molar-refractivity contribution < 1.29 is 14.3 Å². The topological polar surface area (TPSA) is 59.9 Å². The Labute approximate surface area is 175 Å².